The van der Waals surface area contributed by atoms with E-state index in [1.54, 1.807) is 0 Å². The van der Waals surface area contributed by atoms with Crippen LogP contribution in [0.4, 0.5) is 0 Å². The molecule has 0 saturated heterocycles. The van der Waals surface area contributed by atoms with E-state index in [4.69, 9.17) is 9.40 Å². The number of para-hydroxylation sites is 2. The van der Waals surface area contributed by atoms with Gasteiger partial charge in [0.2, 0.25) is 0 Å². The van der Waals surface area contributed by atoms with Gasteiger partial charge in [0, 0.05) is 42.9 Å². The molecule has 281 valence electrons. The Labute approximate surface area is 344 Å². The second-order valence-corrected chi connectivity index (χ2v) is 21.3. The van der Waals surface area contributed by atoms with Gasteiger partial charge >= 0.3 is 0 Å². The van der Waals surface area contributed by atoms with E-state index in [1.165, 1.54) is 27.4 Å². The summed E-state index contributed by atoms with van der Waals surface area (Å²) >= 11 is 0. The van der Waals surface area contributed by atoms with Crippen LogP contribution in [0.1, 0.15) is 31.9 Å². The van der Waals surface area contributed by atoms with Crippen molar-refractivity contribution < 1.29 is 24.5 Å². The van der Waals surface area contributed by atoms with Crippen molar-refractivity contribution in [3.05, 3.63) is 169 Å². The minimum absolute atomic E-state index is 0. The zero-order valence-corrected chi connectivity index (χ0v) is 36.3. The van der Waals surface area contributed by atoms with Gasteiger partial charge in [0.05, 0.1) is 30.5 Å². The molecule has 4 nitrogen and oxygen atoms in total. The summed E-state index contributed by atoms with van der Waals surface area (Å²) in [5, 5.41) is 3.57. The second-order valence-electron chi connectivity index (χ2n) is 16.3. The van der Waals surface area contributed by atoms with Gasteiger partial charge in [0.1, 0.15) is 5.58 Å². The standard InChI is InChI=1S/C36H29N2O.C14H16NSi.Ir/c1-23-17-19-26-27-13-10-14-28(34(27)39-33(26)21-23)35-37-30-15-8-9-16-32(30)38(35)31-20-18-25(36(2,3)4)22-29(31)24-11-6-5-7-12-24;1-16(2,3)13-9-10-14(15-11-13)12-7-5-4-6-8-12;/h5-13,15-22H,1-4H3;4-7,9-11H,1-3H3;/q2*-1;. The average Bonchev–Trinajstić information content (AvgIpc) is 3.76. The van der Waals surface area contributed by atoms with Gasteiger partial charge in [-0.15, -0.1) is 54.1 Å². The first-order valence-corrected chi connectivity index (χ1v) is 22.4. The fraction of sp³-hybridized carbons (Fsp3) is 0.160. The van der Waals surface area contributed by atoms with Crippen molar-refractivity contribution in [2.75, 3.05) is 0 Å². The Hall–Kier alpha value is -5.39. The van der Waals surface area contributed by atoms with Crippen molar-refractivity contribution in [2.45, 2.75) is 52.8 Å². The fourth-order valence-corrected chi connectivity index (χ4v) is 8.08. The topological polar surface area (TPSA) is 43.9 Å². The minimum Gasteiger partial charge on any atom is -0.501 e. The van der Waals surface area contributed by atoms with Gasteiger partial charge < -0.3 is 14.0 Å². The van der Waals surface area contributed by atoms with Crippen LogP contribution in [0.15, 0.2) is 150 Å². The van der Waals surface area contributed by atoms with E-state index in [0.717, 1.165) is 61.3 Å². The number of furan rings is 1. The maximum absolute atomic E-state index is 6.50. The van der Waals surface area contributed by atoms with E-state index >= 15 is 0 Å². The van der Waals surface area contributed by atoms with Crippen molar-refractivity contribution in [3.63, 3.8) is 0 Å². The molecule has 0 bridgehead atoms. The smallest absolute Gasteiger partial charge is 0.121 e. The number of hydrogen-bond acceptors (Lipinski definition) is 3. The first kappa shape index (κ1) is 38.9. The Balaban J connectivity index is 0.000000238. The van der Waals surface area contributed by atoms with Gasteiger partial charge in [-0.3, -0.25) is 4.98 Å². The molecule has 3 aromatic heterocycles. The van der Waals surface area contributed by atoms with Crippen LogP contribution in [0.25, 0.3) is 72.4 Å². The minimum atomic E-state index is -1.23. The summed E-state index contributed by atoms with van der Waals surface area (Å²) in [6.07, 6.45) is 2.02. The third-order valence-electron chi connectivity index (χ3n) is 10.2. The Bertz CT molecular complexity index is 2770. The monoisotopic (exact) mass is 924 g/mol. The summed E-state index contributed by atoms with van der Waals surface area (Å²) in [5.74, 6) is 0.818. The molecule has 0 N–H and O–H groups in total. The van der Waals surface area contributed by atoms with Crippen molar-refractivity contribution in [2.24, 2.45) is 0 Å². The Morgan fingerprint density at radius 2 is 1.48 bits per heavy atom. The van der Waals surface area contributed by atoms with E-state index in [2.05, 4.69) is 172 Å². The molecular weight excluding hydrogens is 879 g/mol. The predicted octanol–water partition coefficient (Wildman–Crippen LogP) is 12.8. The molecule has 0 aliphatic carbocycles. The number of pyridine rings is 1. The molecule has 0 unspecified atom stereocenters. The summed E-state index contributed by atoms with van der Waals surface area (Å²) < 4.78 is 8.77. The Morgan fingerprint density at radius 1 is 0.714 bits per heavy atom. The molecule has 0 fully saturated rings. The largest absolute Gasteiger partial charge is 0.501 e. The van der Waals surface area contributed by atoms with Crippen molar-refractivity contribution in [3.8, 4) is 39.5 Å². The zero-order chi connectivity index (χ0) is 38.3. The number of hydrogen-bond donors (Lipinski definition) is 0. The van der Waals surface area contributed by atoms with Crippen LogP contribution >= 0.6 is 0 Å². The maximum atomic E-state index is 6.50. The first-order valence-electron chi connectivity index (χ1n) is 18.9. The Kier molecular flexibility index (Phi) is 10.8. The third-order valence-corrected chi connectivity index (χ3v) is 12.2. The molecule has 0 amide bonds. The van der Waals surface area contributed by atoms with Gasteiger partial charge in [0.25, 0.3) is 0 Å². The first-order chi connectivity index (χ1) is 26.5. The van der Waals surface area contributed by atoms with Crippen LogP contribution in [0.2, 0.25) is 19.6 Å². The molecule has 56 heavy (non-hydrogen) atoms. The molecule has 0 aliphatic rings. The van der Waals surface area contributed by atoms with E-state index in [1.807, 2.05) is 42.6 Å². The van der Waals surface area contributed by atoms with Crippen LogP contribution < -0.4 is 5.19 Å². The fourth-order valence-electron chi connectivity index (χ4n) is 7.05. The van der Waals surface area contributed by atoms with Crippen LogP contribution in [-0.4, -0.2) is 22.6 Å². The van der Waals surface area contributed by atoms with Crippen molar-refractivity contribution >= 4 is 46.2 Å². The van der Waals surface area contributed by atoms with Crippen molar-refractivity contribution in [1.29, 1.82) is 0 Å². The van der Waals surface area contributed by atoms with Crippen LogP contribution in [0, 0.1) is 19.1 Å². The van der Waals surface area contributed by atoms with E-state index in [-0.39, 0.29) is 25.5 Å². The average molecular weight is 924 g/mol. The van der Waals surface area contributed by atoms with Crippen LogP contribution in [0.5, 0.6) is 0 Å². The SMILES string of the molecule is C[Si](C)(C)c1ccc(-c2[c-]cccc2)nc1.Cc1ccc2c(c1)oc1c(-c3nc4ccccc4n3-c3ccc(C(C)(C)C)cc3-c3ccccc3)[c-]ccc12.[Ir]. The molecule has 6 heteroatoms. The number of nitrogens with zero attached hydrogens (tertiary/aromatic N) is 3. The summed E-state index contributed by atoms with van der Waals surface area (Å²) in [5.41, 5.74) is 12.5. The molecule has 0 atom stereocenters. The Morgan fingerprint density at radius 3 is 2.20 bits per heavy atom. The predicted molar refractivity (Wildman–Crippen MR) is 233 cm³/mol. The molecule has 9 rings (SSSR count). The van der Waals surface area contributed by atoms with Gasteiger partial charge in [-0.1, -0.05) is 124 Å². The van der Waals surface area contributed by atoms with E-state index in [0.29, 0.717) is 0 Å². The number of benzene rings is 6. The van der Waals surface area contributed by atoms with Crippen molar-refractivity contribution in [1.82, 2.24) is 14.5 Å². The van der Waals surface area contributed by atoms with Gasteiger partial charge in [-0.05, 0) is 70.2 Å². The molecule has 9 aromatic rings. The number of aromatic nitrogens is 3. The maximum Gasteiger partial charge on any atom is 0.121 e. The van der Waals surface area contributed by atoms with Crippen LogP contribution in [-0.2, 0) is 25.5 Å². The quantitative estimate of drug-likeness (QED) is 0.128. The second kappa shape index (κ2) is 15.6. The summed E-state index contributed by atoms with van der Waals surface area (Å²) in [6, 6.07) is 55.1. The molecular formula is C50H45IrN3OSi-2. The molecule has 1 radical (unpaired) electrons. The van der Waals surface area contributed by atoms with Gasteiger partial charge in [-0.2, -0.15) is 0 Å². The summed E-state index contributed by atoms with van der Waals surface area (Å²) in [7, 11) is -1.23. The summed E-state index contributed by atoms with van der Waals surface area (Å²) in [6.45, 7) is 15.9. The number of rotatable bonds is 5. The molecule has 3 heterocycles. The molecule has 0 spiro atoms. The van der Waals surface area contributed by atoms with E-state index < -0.39 is 8.07 Å². The number of aryl methyl sites for hydroxylation is 1. The molecule has 0 saturated carbocycles. The third kappa shape index (κ3) is 7.70. The van der Waals surface area contributed by atoms with Crippen LogP contribution in [0.3, 0.4) is 0 Å². The summed E-state index contributed by atoms with van der Waals surface area (Å²) in [4.78, 5) is 9.69. The normalized spacial score (nSPS) is 11.7. The molecule has 0 aliphatic heterocycles. The van der Waals surface area contributed by atoms with Gasteiger partial charge in [-0.25, -0.2) is 0 Å². The number of fused-ring (bicyclic) bond motifs is 4. The number of imidazole rings is 1. The van der Waals surface area contributed by atoms with Gasteiger partial charge in [0.15, 0.2) is 0 Å². The zero-order valence-electron chi connectivity index (χ0n) is 32.9. The molecule has 6 aromatic carbocycles. The van der Waals surface area contributed by atoms with E-state index in [9.17, 15) is 0 Å².